The minimum Gasteiger partial charge on any atom is -0.387 e. The highest BCUT2D eigenvalue weighted by atomic mass is 35.5. The van der Waals surface area contributed by atoms with Crippen molar-refractivity contribution in [1.29, 1.82) is 0 Å². The quantitative estimate of drug-likeness (QED) is 0.926. The summed E-state index contributed by atoms with van der Waals surface area (Å²) in [4.78, 5) is 0. The lowest BCUT2D eigenvalue weighted by Gasteiger charge is -2.36. The Morgan fingerprint density at radius 2 is 2.05 bits per heavy atom. The standard InChI is InChI=1S/C15H19ClO3/c1-10-9-19-13(14(17)15(10)18-2)8-5-11-3-6-12(16)7-4-11/h3-8,10,13-15,17H,9H2,1-2H3/b8-5+/t10-,13-,14-,15-/m0/s1. The lowest BCUT2D eigenvalue weighted by molar-refractivity contribution is -0.154. The number of aliphatic hydroxyl groups is 1. The van der Waals surface area contributed by atoms with Gasteiger partial charge in [0.2, 0.25) is 0 Å². The van der Waals surface area contributed by atoms with Crippen LogP contribution >= 0.6 is 11.6 Å². The molecule has 0 amide bonds. The van der Waals surface area contributed by atoms with Crippen LogP contribution in [0.3, 0.4) is 0 Å². The zero-order chi connectivity index (χ0) is 13.8. The van der Waals surface area contributed by atoms with Gasteiger partial charge >= 0.3 is 0 Å². The first-order valence-corrected chi connectivity index (χ1v) is 6.76. The van der Waals surface area contributed by atoms with Gasteiger partial charge in [-0.1, -0.05) is 42.8 Å². The number of rotatable bonds is 3. The summed E-state index contributed by atoms with van der Waals surface area (Å²) in [6.45, 7) is 2.60. The van der Waals surface area contributed by atoms with Crippen LogP contribution in [0, 0.1) is 5.92 Å². The molecule has 1 saturated heterocycles. The van der Waals surface area contributed by atoms with E-state index in [1.165, 1.54) is 0 Å². The topological polar surface area (TPSA) is 38.7 Å². The zero-order valence-corrected chi connectivity index (χ0v) is 11.9. The predicted molar refractivity (Wildman–Crippen MR) is 76.2 cm³/mol. The van der Waals surface area contributed by atoms with Crippen LogP contribution < -0.4 is 0 Å². The van der Waals surface area contributed by atoms with Crippen molar-refractivity contribution in [1.82, 2.24) is 0 Å². The molecule has 0 aliphatic carbocycles. The van der Waals surface area contributed by atoms with Gasteiger partial charge in [-0.3, -0.25) is 0 Å². The molecule has 1 aliphatic rings. The normalized spacial score (nSPS) is 31.8. The Morgan fingerprint density at radius 1 is 1.37 bits per heavy atom. The minimum atomic E-state index is -0.641. The van der Waals surface area contributed by atoms with Crippen LogP contribution in [0.4, 0.5) is 0 Å². The third kappa shape index (κ3) is 3.57. The molecule has 1 aromatic carbocycles. The SMILES string of the molecule is CO[C@@H]1[C@@H](O)[C@H](/C=C/c2ccc(Cl)cc2)OC[C@@H]1C. The van der Waals surface area contributed by atoms with Crippen LogP contribution in [0.15, 0.2) is 30.3 Å². The van der Waals surface area contributed by atoms with Gasteiger partial charge in [-0.15, -0.1) is 0 Å². The smallest absolute Gasteiger partial charge is 0.110 e. The molecule has 4 heteroatoms. The molecule has 4 atom stereocenters. The average Bonchev–Trinajstić information content (AvgIpc) is 2.40. The molecule has 1 N–H and O–H groups in total. The largest absolute Gasteiger partial charge is 0.387 e. The van der Waals surface area contributed by atoms with E-state index in [0.29, 0.717) is 11.6 Å². The summed E-state index contributed by atoms with van der Waals surface area (Å²) in [7, 11) is 1.62. The Hall–Kier alpha value is -0.870. The van der Waals surface area contributed by atoms with Gasteiger partial charge < -0.3 is 14.6 Å². The Kier molecular flexibility index (Phi) is 4.99. The molecule has 0 unspecified atom stereocenters. The molecule has 1 fully saturated rings. The molecule has 104 valence electrons. The molecule has 0 radical (unpaired) electrons. The molecule has 3 nitrogen and oxygen atoms in total. The number of hydrogen-bond acceptors (Lipinski definition) is 3. The van der Waals surface area contributed by atoms with Crippen molar-refractivity contribution in [2.24, 2.45) is 5.92 Å². The van der Waals surface area contributed by atoms with Gasteiger partial charge in [-0.05, 0) is 17.7 Å². The number of hydrogen-bond donors (Lipinski definition) is 1. The number of aliphatic hydroxyl groups excluding tert-OH is 1. The Balaban J connectivity index is 2.04. The van der Waals surface area contributed by atoms with Crippen molar-refractivity contribution < 1.29 is 14.6 Å². The molecule has 1 aromatic rings. The highest BCUT2D eigenvalue weighted by molar-refractivity contribution is 6.30. The molecule has 1 heterocycles. The summed E-state index contributed by atoms with van der Waals surface area (Å²) >= 11 is 5.83. The predicted octanol–water partition coefficient (Wildman–Crippen LogP) is 2.76. The second kappa shape index (κ2) is 6.53. The van der Waals surface area contributed by atoms with Crippen molar-refractivity contribution in [2.75, 3.05) is 13.7 Å². The second-order valence-corrected chi connectivity index (χ2v) is 5.31. The fraction of sp³-hybridized carbons (Fsp3) is 0.467. The Bertz CT molecular complexity index is 430. The summed E-state index contributed by atoms with van der Waals surface area (Å²) in [6.07, 6.45) is 2.63. The third-order valence-corrected chi connectivity index (χ3v) is 3.66. The van der Waals surface area contributed by atoms with Crippen molar-refractivity contribution in [2.45, 2.75) is 25.2 Å². The zero-order valence-electron chi connectivity index (χ0n) is 11.1. The van der Waals surface area contributed by atoms with Gasteiger partial charge in [0.15, 0.2) is 0 Å². The molecule has 19 heavy (non-hydrogen) atoms. The highest BCUT2D eigenvalue weighted by Gasteiger charge is 2.36. The van der Waals surface area contributed by atoms with Crippen molar-refractivity contribution in [3.05, 3.63) is 40.9 Å². The van der Waals surface area contributed by atoms with E-state index in [0.717, 1.165) is 5.56 Å². The lowest BCUT2D eigenvalue weighted by Crippen LogP contribution is -2.49. The lowest BCUT2D eigenvalue weighted by atomic mass is 9.93. The van der Waals surface area contributed by atoms with Crippen LogP contribution in [0.25, 0.3) is 6.08 Å². The van der Waals surface area contributed by atoms with Crippen molar-refractivity contribution in [3.63, 3.8) is 0 Å². The Labute approximate surface area is 118 Å². The van der Waals surface area contributed by atoms with Gasteiger partial charge in [0, 0.05) is 18.1 Å². The summed E-state index contributed by atoms with van der Waals surface area (Å²) in [5.74, 6) is 0.195. The van der Waals surface area contributed by atoms with Crippen LogP contribution in [0.1, 0.15) is 12.5 Å². The van der Waals surface area contributed by atoms with Gasteiger partial charge in [0.1, 0.15) is 12.2 Å². The van der Waals surface area contributed by atoms with E-state index in [-0.39, 0.29) is 18.1 Å². The highest BCUT2D eigenvalue weighted by Crippen LogP contribution is 2.23. The van der Waals surface area contributed by atoms with E-state index in [2.05, 4.69) is 0 Å². The van der Waals surface area contributed by atoms with E-state index < -0.39 is 6.10 Å². The maximum absolute atomic E-state index is 10.2. The number of ether oxygens (including phenoxy) is 2. The van der Waals surface area contributed by atoms with E-state index in [4.69, 9.17) is 21.1 Å². The monoisotopic (exact) mass is 282 g/mol. The number of benzene rings is 1. The molecule has 0 aromatic heterocycles. The van der Waals surface area contributed by atoms with Gasteiger partial charge in [-0.2, -0.15) is 0 Å². The molecule has 1 aliphatic heterocycles. The first-order chi connectivity index (χ1) is 9.11. The summed E-state index contributed by atoms with van der Waals surface area (Å²) in [6, 6.07) is 7.51. The molecule has 0 spiro atoms. The Morgan fingerprint density at radius 3 is 2.68 bits per heavy atom. The number of methoxy groups -OCH3 is 1. The van der Waals surface area contributed by atoms with Crippen LogP contribution in [-0.2, 0) is 9.47 Å². The van der Waals surface area contributed by atoms with Gasteiger partial charge in [0.05, 0.1) is 12.7 Å². The summed E-state index contributed by atoms with van der Waals surface area (Å²) < 4.78 is 11.0. The second-order valence-electron chi connectivity index (χ2n) is 4.88. The molecular weight excluding hydrogens is 264 g/mol. The maximum Gasteiger partial charge on any atom is 0.110 e. The molecule has 0 bridgehead atoms. The fourth-order valence-electron chi connectivity index (χ4n) is 2.30. The first-order valence-electron chi connectivity index (χ1n) is 6.38. The minimum absolute atomic E-state index is 0.186. The van der Waals surface area contributed by atoms with Crippen LogP contribution in [0.5, 0.6) is 0 Å². The van der Waals surface area contributed by atoms with Gasteiger partial charge in [-0.25, -0.2) is 0 Å². The van der Waals surface area contributed by atoms with E-state index >= 15 is 0 Å². The first kappa shape index (κ1) is 14.5. The summed E-state index contributed by atoms with van der Waals surface area (Å²) in [5, 5.41) is 10.9. The van der Waals surface area contributed by atoms with Crippen molar-refractivity contribution in [3.8, 4) is 0 Å². The van der Waals surface area contributed by atoms with Crippen LogP contribution in [0.2, 0.25) is 5.02 Å². The van der Waals surface area contributed by atoms with E-state index in [1.807, 2.05) is 43.3 Å². The number of halogens is 1. The molecule has 2 rings (SSSR count). The molecule has 0 saturated carbocycles. The van der Waals surface area contributed by atoms with E-state index in [9.17, 15) is 5.11 Å². The maximum atomic E-state index is 10.2. The van der Waals surface area contributed by atoms with Gasteiger partial charge in [0.25, 0.3) is 0 Å². The summed E-state index contributed by atoms with van der Waals surface area (Å²) in [5.41, 5.74) is 1.02. The van der Waals surface area contributed by atoms with Crippen molar-refractivity contribution >= 4 is 17.7 Å². The average molecular weight is 283 g/mol. The van der Waals surface area contributed by atoms with Crippen LogP contribution in [-0.4, -0.2) is 37.1 Å². The molecular formula is C15H19ClO3. The fourth-order valence-corrected chi connectivity index (χ4v) is 2.43. The van der Waals surface area contributed by atoms with E-state index in [1.54, 1.807) is 7.11 Å². The third-order valence-electron chi connectivity index (χ3n) is 3.41.